The molecular weight excluding hydrogens is 390 g/mol. The molecule has 1 N–H and O–H groups in total. The number of benzene rings is 2. The van der Waals surface area contributed by atoms with Crippen LogP contribution in [0.4, 0.5) is 5.69 Å². The Bertz CT molecular complexity index is 820. The fourth-order valence-electron chi connectivity index (χ4n) is 2.67. The van der Waals surface area contributed by atoms with Crippen molar-refractivity contribution in [3.05, 3.63) is 58.6 Å². The van der Waals surface area contributed by atoms with Gasteiger partial charge in [0.1, 0.15) is 5.75 Å². The van der Waals surface area contributed by atoms with Crippen molar-refractivity contribution >= 4 is 29.2 Å². The predicted octanol–water partition coefficient (Wildman–Crippen LogP) is 5.79. The second-order valence-electron chi connectivity index (χ2n) is 6.88. The molecule has 0 heterocycles. The molecule has 0 aliphatic heterocycles. The van der Waals surface area contributed by atoms with Crippen LogP contribution in [0.1, 0.15) is 55.5 Å². The minimum Gasteiger partial charge on any atom is -0.494 e. The number of rotatable bonds is 10. The van der Waals surface area contributed by atoms with Gasteiger partial charge in [-0.05, 0) is 62.2 Å². The van der Waals surface area contributed by atoms with Crippen molar-refractivity contribution < 1.29 is 19.1 Å². The number of carbonyl (C=O) groups excluding carboxylic acids is 2. The van der Waals surface area contributed by atoms with Gasteiger partial charge >= 0.3 is 5.97 Å². The lowest BCUT2D eigenvalue weighted by Gasteiger charge is -2.15. The maximum Gasteiger partial charge on any atom is 0.338 e. The van der Waals surface area contributed by atoms with E-state index in [1.807, 2.05) is 6.92 Å². The summed E-state index contributed by atoms with van der Waals surface area (Å²) in [5, 5.41) is 3.29. The first-order valence-electron chi connectivity index (χ1n) is 9.92. The Hall–Kier alpha value is -2.53. The predicted molar refractivity (Wildman–Crippen MR) is 116 cm³/mol. The highest BCUT2D eigenvalue weighted by molar-refractivity contribution is 6.31. The highest BCUT2D eigenvalue weighted by atomic mass is 35.5. The summed E-state index contributed by atoms with van der Waals surface area (Å²) in [5.41, 5.74) is 1.71. The van der Waals surface area contributed by atoms with E-state index in [4.69, 9.17) is 21.1 Å². The number of carbonyl (C=O) groups is 2. The maximum absolute atomic E-state index is 12.3. The quantitative estimate of drug-likeness (QED) is 0.392. The number of hydrogen-bond acceptors (Lipinski definition) is 4. The summed E-state index contributed by atoms with van der Waals surface area (Å²) in [6, 6.07) is 12.0. The lowest BCUT2D eigenvalue weighted by atomic mass is 10.2. The molecule has 2 aromatic carbocycles. The smallest absolute Gasteiger partial charge is 0.338 e. The van der Waals surface area contributed by atoms with Crippen LogP contribution in [0.3, 0.4) is 0 Å². The van der Waals surface area contributed by atoms with E-state index >= 15 is 0 Å². The second-order valence-corrected chi connectivity index (χ2v) is 7.29. The van der Waals surface area contributed by atoms with Gasteiger partial charge < -0.3 is 14.8 Å². The van der Waals surface area contributed by atoms with Crippen LogP contribution in [0.15, 0.2) is 42.5 Å². The Morgan fingerprint density at radius 3 is 2.48 bits per heavy atom. The monoisotopic (exact) mass is 417 g/mol. The number of anilines is 1. The van der Waals surface area contributed by atoms with E-state index in [0.717, 1.165) is 18.4 Å². The molecule has 0 spiro atoms. The van der Waals surface area contributed by atoms with Crippen LogP contribution < -0.4 is 10.1 Å². The number of nitrogens with one attached hydrogen (secondary N) is 1. The van der Waals surface area contributed by atoms with Gasteiger partial charge in [-0.15, -0.1) is 0 Å². The second kappa shape index (κ2) is 11.5. The van der Waals surface area contributed by atoms with Crippen molar-refractivity contribution in [2.45, 2.75) is 52.6 Å². The molecule has 2 rings (SSSR count). The molecule has 156 valence electrons. The molecule has 2 aromatic rings. The molecule has 0 saturated heterocycles. The van der Waals surface area contributed by atoms with Gasteiger partial charge in [-0.2, -0.15) is 0 Å². The summed E-state index contributed by atoms with van der Waals surface area (Å²) in [6.07, 6.45) is 3.60. The first-order chi connectivity index (χ1) is 13.9. The van der Waals surface area contributed by atoms with E-state index < -0.39 is 18.0 Å². The largest absolute Gasteiger partial charge is 0.494 e. The average molecular weight is 418 g/mol. The van der Waals surface area contributed by atoms with Crippen molar-refractivity contribution in [1.29, 1.82) is 0 Å². The van der Waals surface area contributed by atoms with Crippen molar-refractivity contribution in [1.82, 2.24) is 0 Å². The third-order valence-corrected chi connectivity index (χ3v) is 4.94. The van der Waals surface area contributed by atoms with Gasteiger partial charge in [-0.25, -0.2) is 4.79 Å². The van der Waals surface area contributed by atoms with E-state index in [1.165, 1.54) is 19.8 Å². The summed E-state index contributed by atoms with van der Waals surface area (Å²) < 4.78 is 10.9. The molecule has 1 amide bonds. The fourth-order valence-corrected chi connectivity index (χ4v) is 2.84. The Balaban J connectivity index is 1.85. The van der Waals surface area contributed by atoms with Gasteiger partial charge in [0.15, 0.2) is 6.10 Å². The highest BCUT2D eigenvalue weighted by Gasteiger charge is 2.20. The van der Waals surface area contributed by atoms with Crippen LogP contribution >= 0.6 is 11.6 Å². The SMILES string of the molecule is CCCCCCOc1ccc(C(=O)O[C@@H](C)C(=O)Nc2cccc(Cl)c2C)cc1. The highest BCUT2D eigenvalue weighted by Crippen LogP contribution is 2.23. The number of unbranched alkanes of at least 4 members (excludes halogenated alkanes) is 3. The molecule has 0 aliphatic rings. The molecule has 0 bridgehead atoms. The summed E-state index contributed by atoms with van der Waals surface area (Å²) in [6.45, 7) is 6.16. The lowest BCUT2D eigenvalue weighted by Crippen LogP contribution is -2.30. The average Bonchev–Trinajstić information content (AvgIpc) is 2.71. The molecule has 0 aromatic heterocycles. The number of halogens is 1. The zero-order valence-electron chi connectivity index (χ0n) is 17.2. The third-order valence-electron chi connectivity index (χ3n) is 4.54. The molecule has 5 nitrogen and oxygen atoms in total. The van der Waals surface area contributed by atoms with Gasteiger partial charge in [0.2, 0.25) is 0 Å². The Labute approximate surface area is 177 Å². The number of hydrogen-bond donors (Lipinski definition) is 1. The minimum absolute atomic E-state index is 0.363. The lowest BCUT2D eigenvalue weighted by molar-refractivity contribution is -0.123. The normalized spacial score (nSPS) is 11.6. The van der Waals surface area contributed by atoms with E-state index in [9.17, 15) is 9.59 Å². The van der Waals surface area contributed by atoms with Gasteiger partial charge in [0.25, 0.3) is 5.91 Å². The Morgan fingerprint density at radius 1 is 1.07 bits per heavy atom. The molecule has 0 radical (unpaired) electrons. The molecule has 0 fully saturated rings. The first-order valence-corrected chi connectivity index (χ1v) is 10.3. The zero-order chi connectivity index (χ0) is 21.2. The van der Waals surface area contributed by atoms with Crippen molar-refractivity contribution in [2.75, 3.05) is 11.9 Å². The van der Waals surface area contributed by atoms with E-state index in [1.54, 1.807) is 42.5 Å². The minimum atomic E-state index is -0.949. The zero-order valence-corrected chi connectivity index (χ0v) is 17.9. The van der Waals surface area contributed by atoms with E-state index in [-0.39, 0.29) is 0 Å². The van der Waals surface area contributed by atoms with Gasteiger partial charge in [0.05, 0.1) is 12.2 Å². The van der Waals surface area contributed by atoms with Crippen LogP contribution in [0, 0.1) is 6.92 Å². The van der Waals surface area contributed by atoms with Crippen LogP contribution in [0.2, 0.25) is 5.02 Å². The van der Waals surface area contributed by atoms with Crippen LogP contribution in [0.5, 0.6) is 5.75 Å². The van der Waals surface area contributed by atoms with Crippen LogP contribution in [-0.2, 0) is 9.53 Å². The summed E-state index contributed by atoms with van der Waals surface area (Å²) in [7, 11) is 0. The molecular formula is C23H28ClNO4. The Kier molecular flexibility index (Phi) is 9.00. The van der Waals surface area contributed by atoms with Gasteiger partial charge in [-0.1, -0.05) is 43.9 Å². The molecule has 1 atom stereocenters. The molecule has 0 unspecified atom stereocenters. The van der Waals surface area contributed by atoms with Gasteiger partial charge in [-0.3, -0.25) is 4.79 Å². The maximum atomic E-state index is 12.3. The molecule has 6 heteroatoms. The third kappa shape index (κ3) is 7.09. The number of esters is 1. The topological polar surface area (TPSA) is 64.6 Å². The molecule has 29 heavy (non-hydrogen) atoms. The van der Waals surface area contributed by atoms with Gasteiger partial charge in [0, 0.05) is 10.7 Å². The van der Waals surface area contributed by atoms with Crippen molar-refractivity contribution in [2.24, 2.45) is 0 Å². The molecule has 0 aliphatic carbocycles. The van der Waals surface area contributed by atoms with E-state index in [2.05, 4.69) is 12.2 Å². The molecule has 0 saturated carbocycles. The number of ether oxygens (including phenoxy) is 2. The van der Waals surface area contributed by atoms with Crippen LogP contribution in [-0.4, -0.2) is 24.6 Å². The first kappa shape index (κ1) is 22.8. The number of amides is 1. The summed E-state index contributed by atoms with van der Waals surface area (Å²) in [5.74, 6) is -0.277. The van der Waals surface area contributed by atoms with Crippen LogP contribution in [0.25, 0.3) is 0 Å². The van der Waals surface area contributed by atoms with Crippen molar-refractivity contribution in [3.8, 4) is 5.75 Å². The standard InChI is InChI=1S/C23H28ClNO4/c1-4-5-6-7-15-28-19-13-11-18(12-14-19)23(27)29-17(3)22(26)25-21-10-8-9-20(24)16(21)2/h8-14,17H,4-7,15H2,1-3H3,(H,25,26)/t17-/m0/s1. The summed E-state index contributed by atoms with van der Waals surface area (Å²) in [4.78, 5) is 24.7. The van der Waals surface area contributed by atoms with E-state index in [0.29, 0.717) is 28.6 Å². The fraction of sp³-hybridized carbons (Fsp3) is 0.391. The van der Waals surface area contributed by atoms with Crippen molar-refractivity contribution in [3.63, 3.8) is 0 Å². The summed E-state index contributed by atoms with van der Waals surface area (Å²) >= 11 is 6.06. The Morgan fingerprint density at radius 2 is 1.79 bits per heavy atom.